The van der Waals surface area contributed by atoms with E-state index in [1.54, 1.807) is 18.2 Å². The summed E-state index contributed by atoms with van der Waals surface area (Å²) in [7, 11) is 0. The van der Waals surface area contributed by atoms with Gasteiger partial charge in [0.05, 0.1) is 0 Å². The van der Waals surface area contributed by atoms with E-state index in [9.17, 15) is 5.11 Å². The van der Waals surface area contributed by atoms with Gasteiger partial charge in [0.25, 0.3) is 0 Å². The minimum atomic E-state index is 0.0563. The van der Waals surface area contributed by atoms with E-state index in [-0.39, 0.29) is 17.6 Å². The maximum atomic E-state index is 9.28. The van der Waals surface area contributed by atoms with E-state index in [4.69, 9.17) is 11.5 Å². The van der Waals surface area contributed by atoms with Gasteiger partial charge in [-0.3, -0.25) is 0 Å². The van der Waals surface area contributed by atoms with Gasteiger partial charge in [-0.1, -0.05) is 12.1 Å². The van der Waals surface area contributed by atoms with Gasteiger partial charge in [0.15, 0.2) is 5.82 Å². The van der Waals surface area contributed by atoms with Crippen LogP contribution in [0.1, 0.15) is 0 Å². The van der Waals surface area contributed by atoms with Crippen LogP contribution in [0.3, 0.4) is 0 Å². The Bertz CT molecular complexity index is 479. The number of nitrogens with zero attached hydrogens (tertiary/aromatic N) is 3. The second-order valence-electron chi connectivity index (χ2n) is 2.93. The molecule has 0 spiro atoms. The minimum absolute atomic E-state index is 0.0563. The molecule has 0 saturated carbocycles. The lowest BCUT2D eigenvalue weighted by Crippen LogP contribution is -2.04. The van der Waals surface area contributed by atoms with Gasteiger partial charge in [-0.15, -0.1) is 0 Å². The van der Waals surface area contributed by atoms with Gasteiger partial charge < -0.3 is 16.6 Å². The number of aromatic nitrogens is 3. The highest BCUT2D eigenvalue weighted by Crippen LogP contribution is 2.20. The lowest BCUT2D eigenvalue weighted by Gasteiger charge is -2.02. The van der Waals surface area contributed by atoms with E-state index in [1.165, 1.54) is 6.07 Å². The molecule has 0 radical (unpaired) electrons. The maximum absolute atomic E-state index is 9.28. The zero-order valence-electron chi connectivity index (χ0n) is 7.75. The molecule has 76 valence electrons. The summed E-state index contributed by atoms with van der Waals surface area (Å²) in [5.41, 5.74) is 11.5. The Hall–Kier alpha value is -2.37. The molecule has 1 aromatic heterocycles. The molecule has 1 heterocycles. The van der Waals surface area contributed by atoms with E-state index in [1.807, 2.05) is 0 Å². The van der Waals surface area contributed by atoms with Crippen molar-refractivity contribution in [3.05, 3.63) is 24.3 Å². The fraction of sp³-hybridized carbons (Fsp3) is 0. The van der Waals surface area contributed by atoms with Crippen LogP contribution in [0.5, 0.6) is 5.75 Å². The molecule has 0 unspecified atom stereocenters. The van der Waals surface area contributed by atoms with E-state index < -0.39 is 0 Å². The van der Waals surface area contributed by atoms with Crippen molar-refractivity contribution in [1.82, 2.24) is 15.0 Å². The first kappa shape index (κ1) is 9.20. The molecular formula is C9H9N5O. The van der Waals surface area contributed by atoms with E-state index >= 15 is 0 Å². The molecule has 0 saturated heterocycles. The first-order chi connectivity index (χ1) is 7.15. The molecule has 0 bridgehead atoms. The molecule has 0 fully saturated rings. The zero-order valence-corrected chi connectivity index (χ0v) is 7.75. The van der Waals surface area contributed by atoms with Crippen LogP contribution in [0.25, 0.3) is 11.4 Å². The van der Waals surface area contributed by atoms with Crippen molar-refractivity contribution in [2.24, 2.45) is 0 Å². The monoisotopic (exact) mass is 203 g/mol. The van der Waals surface area contributed by atoms with Gasteiger partial charge in [-0.2, -0.15) is 15.0 Å². The summed E-state index contributed by atoms with van der Waals surface area (Å²) in [6.07, 6.45) is 0. The summed E-state index contributed by atoms with van der Waals surface area (Å²) in [6, 6.07) is 6.50. The van der Waals surface area contributed by atoms with Gasteiger partial charge in [-0.05, 0) is 12.1 Å². The highest BCUT2D eigenvalue weighted by Gasteiger charge is 2.05. The molecule has 0 atom stereocenters. The summed E-state index contributed by atoms with van der Waals surface area (Å²) in [6.45, 7) is 0. The van der Waals surface area contributed by atoms with Crippen LogP contribution in [0.2, 0.25) is 0 Å². The molecule has 2 aromatic rings. The van der Waals surface area contributed by atoms with Gasteiger partial charge in [0, 0.05) is 5.56 Å². The number of aromatic hydroxyl groups is 1. The van der Waals surface area contributed by atoms with E-state index in [2.05, 4.69) is 15.0 Å². The van der Waals surface area contributed by atoms with Crippen molar-refractivity contribution < 1.29 is 5.11 Å². The van der Waals surface area contributed by atoms with Crippen LogP contribution in [0, 0.1) is 0 Å². The average Bonchev–Trinajstić information content (AvgIpc) is 2.16. The molecule has 15 heavy (non-hydrogen) atoms. The maximum Gasteiger partial charge on any atom is 0.225 e. The number of nitrogens with two attached hydrogens (primary N) is 2. The first-order valence-corrected chi connectivity index (χ1v) is 4.21. The molecule has 2 rings (SSSR count). The zero-order chi connectivity index (χ0) is 10.8. The Morgan fingerprint density at radius 1 is 1.00 bits per heavy atom. The van der Waals surface area contributed by atoms with Gasteiger partial charge in [0.1, 0.15) is 5.75 Å². The van der Waals surface area contributed by atoms with Crippen LogP contribution in [-0.4, -0.2) is 20.1 Å². The van der Waals surface area contributed by atoms with Crippen molar-refractivity contribution in [3.63, 3.8) is 0 Å². The molecule has 6 heteroatoms. The Morgan fingerprint density at radius 3 is 2.27 bits per heavy atom. The second-order valence-corrected chi connectivity index (χ2v) is 2.93. The van der Waals surface area contributed by atoms with Crippen LogP contribution in [-0.2, 0) is 0 Å². The first-order valence-electron chi connectivity index (χ1n) is 4.21. The molecule has 0 amide bonds. The molecule has 0 aliphatic carbocycles. The largest absolute Gasteiger partial charge is 0.508 e. The van der Waals surface area contributed by atoms with Crippen molar-refractivity contribution >= 4 is 11.9 Å². The fourth-order valence-electron chi connectivity index (χ4n) is 1.18. The summed E-state index contributed by atoms with van der Waals surface area (Å²) in [4.78, 5) is 11.5. The normalized spacial score (nSPS) is 10.1. The Kier molecular flexibility index (Phi) is 2.09. The third-order valence-corrected chi connectivity index (χ3v) is 1.77. The number of nitrogen functional groups attached to an aromatic ring is 2. The third kappa shape index (κ3) is 1.93. The van der Waals surface area contributed by atoms with E-state index in [0.717, 1.165) is 0 Å². The number of phenolic OH excluding ortho intramolecular Hbond substituents is 1. The van der Waals surface area contributed by atoms with Crippen molar-refractivity contribution in [1.29, 1.82) is 0 Å². The van der Waals surface area contributed by atoms with Crippen LogP contribution in [0.4, 0.5) is 11.9 Å². The molecule has 0 aliphatic heterocycles. The SMILES string of the molecule is Nc1nc(N)nc(-c2cccc(O)c2)n1. The third-order valence-electron chi connectivity index (χ3n) is 1.77. The molecule has 6 nitrogen and oxygen atoms in total. The second kappa shape index (κ2) is 3.41. The summed E-state index contributed by atoms with van der Waals surface area (Å²) >= 11 is 0. The summed E-state index contributed by atoms with van der Waals surface area (Å²) < 4.78 is 0. The number of hydrogen-bond acceptors (Lipinski definition) is 6. The number of benzene rings is 1. The fourth-order valence-corrected chi connectivity index (χ4v) is 1.18. The predicted octanol–water partition coefficient (Wildman–Crippen LogP) is 0.409. The van der Waals surface area contributed by atoms with E-state index in [0.29, 0.717) is 11.4 Å². The molecule has 1 aromatic carbocycles. The quantitative estimate of drug-likeness (QED) is 0.619. The summed E-state index contributed by atoms with van der Waals surface area (Å²) in [5, 5.41) is 9.28. The van der Waals surface area contributed by atoms with Crippen molar-refractivity contribution in [3.8, 4) is 17.1 Å². The smallest absolute Gasteiger partial charge is 0.225 e. The number of anilines is 2. The van der Waals surface area contributed by atoms with Gasteiger partial charge >= 0.3 is 0 Å². The number of hydrogen-bond donors (Lipinski definition) is 3. The lowest BCUT2D eigenvalue weighted by molar-refractivity contribution is 0.475. The number of rotatable bonds is 1. The summed E-state index contributed by atoms with van der Waals surface area (Å²) in [5.74, 6) is 0.586. The van der Waals surface area contributed by atoms with Crippen LogP contribution in [0.15, 0.2) is 24.3 Å². The standard InChI is InChI=1S/C9H9N5O/c10-8-12-7(13-9(11)14-8)5-2-1-3-6(15)4-5/h1-4,15H,(H4,10,11,12,13,14). The Morgan fingerprint density at radius 2 is 1.67 bits per heavy atom. The highest BCUT2D eigenvalue weighted by atomic mass is 16.3. The van der Waals surface area contributed by atoms with Crippen molar-refractivity contribution in [2.45, 2.75) is 0 Å². The Balaban J connectivity index is 2.54. The van der Waals surface area contributed by atoms with Gasteiger partial charge in [0.2, 0.25) is 11.9 Å². The topological polar surface area (TPSA) is 111 Å². The minimum Gasteiger partial charge on any atom is -0.508 e. The average molecular weight is 203 g/mol. The predicted molar refractivity (Wildman–Crippen MR) is 55.8 cm³/mol. The molecule has 0 aliphatic rings. The van der Waals surface area contributed by atoms with Crippen LogP contribution >= 0.6 is 0 Å². The van der Waals surface area contributed by atoms with Crippen LogP contribution < -0.4 is 11.5 Å². The molecule has 5 N–H and O–H groups in total. The van der Waals surface area contributed by atoms with Gasteiger partial charge in [-0.25, -0.2) is 0 Å². The number of phenols is 1. The van der Waals surface area contributed by atoms with Crippen molar-refractivity contribution in [2.75, 3.05) is 11.5 Å². The highest BCUT2D eigenvalue weighted by molar-refractivity contribution is 5.59. The Labute approximate surface area is 85.6 Å². The lowest BCUT2D eigenvalue weighted by atomic mass is 10.2. The molecular weight excluding hydrogens is 194 g/mol.